The van der Waals surface area contributed by atoms with Gasteiger partial charge in [-0.25, -0.2) is 4.79 Å². The van der Waals surface area contributed by atoms with Crippen molar-refractivity contribution in [3.63, 3.8) is 0 Å². The summed E-state index contributed by atoms with van der Waals surface area (Å²) in [4.78, 5) is 26.1. The number of carboxylic acids is 1. The van der Waals surface area contributed by atoms with E-state index in [9.17, 15) is 20.0 Å². The number of nitro groups is 1. The Balaban J connectivity index is 2.32. The number of pyridine rings is 1. The Morgan fingerprint density at radius 3 is 2.65 bits per heavy atom. The summed E-state index contributed by atoms with van der Waals surface area (Å²) in [6, 6.07) is 9.32. The van der Waals surface area contributed by atoms with E-state index in [1.165, 1.54) is 24.4 Å². The van der Waals surface area contributed by atoms with Crippen LogP contribution in [0.3, 0.4) is 0 Å². The van der Waals surface area contributed by atoms with E-state index in [-0.39, 0.29) is 22.5 Å². The second-order valence-corrected chi connectivity index (χ2v) is 4.64. The van der Waals surface area contributed by atoms with Crippen molar-refractivity contribution in [1.29, 1.82) is 0 Å². The lowest BCUT2D eigenvalue weighted by atomic mass is 9.98. The summed E-state index contributed by atoms with van der Waals surface area (Å²) in [7, 11) is 0. The number of benzene rings is 1. The molecular formula is C15H10N4O4. The zero-order valence-corrected chi connectivity index (χ0v) is 11.6. The maximum absolute atomic E-state index is 11.5. The lowest BCUT2D eigenvalue weighted by Gasteiger charge is -2.05. The van der Waals surface area contributed by atoms with E-state index in [0.717, 1.165) is 0 Å². The topological polar surface area (TPSA) is 122 Å². The fourth-order valence-electron chi connectivity index (χ4n) is 2.31. The Kier molecular flexibility index (Phi) is 3.55. The SMILES string of the molecule is O=C(O)c1[nH]nc(-c2cccnc2)c1-c1ccccc1[N+](=O)[O-]. The molecule has 3 aromatic rings. The van der Waals surface area contributed by atoms with Crippen LogP contribution in [0.1, 0.15) is 10.5 Å². The third-order valence-corrected chi connectivity index (χ3v) is 3.29. The van der Waals surface area contributed by atoms with Crippen molar-refractivity contribution in [3.05, 3.63) is 64.6 Å². The van der Waals surface area contributed by atoms with Gasteiger partial charge in [0.15, 0.2) is 5.69 Å². The number of aromatic amines is 1. The Labute approximate surface area is 129 Å². The first kappa shape index (κ1) is 14.4. The molecule has 0 aliphatic carbocycles. The Hall–Kier alpha value is -3.55. The molecule has 2 N–H and O–H groups in total. The molecule has 8 heteroatoms. The molecule has 3 rings (SSSR count). The van der Waals surface area contributed by atoms with E-state index in [0.29, 0.717) is 11.3 Å². The molecule has 0 saturated heterocycles. The summed E-state index contributed by atoms with van der Waals surface area (Å²) in [5.41, 5.74) is 0.800. The molecule has 0 unspecified atom stereocenters. The summed E-state index contributed by atoms with van der Waals surface area (Å²) in [6.07, 6.45) is 3.08. The van der Waals surface area contributed by atoms with E-state index < -0.39 is 10.9 Å². The maximum atomic E-state index is 11.5. The zero-order valence-electron chi connectivity index (χ0n) is 11.6. The second-order valence-electron chi connectivity index (χ2n) is 4.64. The van der Waals surface area contributed by atoms with Gasteiger partial charge in [0.1, 0.15) is 5.69 Å². The van der Waals surface area contributed by atoms with Crippen LogP contribution in [0.2, 0.25) is 0 Å². The minimum Gasteiger partial charge on any atom is -0.477 e. The van der Waals surface area contributed by atoms with Crippen LogP contribution in [0.25, 0.3) is 22.4 Å². The number of nitrogens with zero attached hydrogens (tertiary/aromatic N) is 3. The molecule has 0 fully saturated rings. The molecule has 0 aliphatic heterocycles. The summed E-state index contributed by atoms with van der Waals surface area (Å²) in [5.74, 6) is -1.25. The highest BCUT2D eigenvalue weighted by atomic mass is 16.6. The van der Waals surface area contributed by atoms with Gasteiger partial charge >= 0.3 is 5.97 Å². The molecule has 0 aliphatic rings. The van der Waals surface area contributed by atoms with Crippen LogP contribution in [-0.2, 0) is 0 Å². The van der Waals surface area contributed by atoms with Crippen LogP contribution in [0.15, 0.2) is 48.8 Å². The van der Waals surface area contributed by atoms with Gasteiger partial charge in [-0.05, 0) is 18.2 Å². The van der Waals surface area contributed by atoms with Gasteiger partial charge < -0.3 is 5.11 Å². The molecule has 2 aromatic heterocycles. The maximum Gasteiger partial charge on any atom is 0.354 e. The fraction of sp³-hybridized carbons (Fsp3) is 0. The van der Waals surface area contributed by atoms with Gasteiger partial charge in [-0.2, -0.15) is 5.10 Å². The zero-order chi connectivity index (χ0) is 16.4. The molecule has 23 heavy (non-hydrogen) atoms. The average Bonchev–Trinajstić information content (AvgIpc) is 3.00. The van der Waals surface area contributed by atoms with E-state index in [4.69, 9.17) is 0 Å². The minimum absolute atomic E-state index is 0.165. The number of aromatic nitrogens is 3. The smallest absolute Gasteiger partial charge is 0.354 e. The molecule has 0 saturated carbocycles. The molecule has 0 amide bonds. The number of carbonyl (C=O) groups is 1. The van der Waals surface area contributed by atoms with E-state index in [1.54, 1.807) is 24.4 Å². The average molecular weight is 310 g/mol. The summed E-state index contributed by atoms with van der Waals surface area (Å²) in [5, 5.41) is 27.1. The quantitative estimate of drug-likeness (QED) is 0.564. The fourth-order valence-corrected chi connectivity index (χ4v) is 2.31. The van der Waals surface area contributed by atoms with Crippen LogP contribution < -0.4 is 0 Å². The van der Waals surface area contributed by atoms with Gasteiger partial charge in [-0.15, -0.1) is 0 Å². The molecule has 2 heterocycles. The summed E-state index contributed by atoms with van der Waals surface area (Å²) < 4.78 is 0. The van der Waals surface area contributed by atoms with Crippen molar-refractivity contribution >= 4 is 11.7 Å². The van der Waals surface area contributed by atoms with Gasteiger partial charge in [0.2, 0.25) is 0 Å². The van der Waals surface area contributed by atoms with Crippen LogP contribution in [-0.4, -0.2) is 31.2 Å². The number of aromatic carboxylic acids is 1. The Morgan fingerprint density at radius 1 is 1.22 bits per heavy atom. The predicted octanol–water partition coefficient (Wildman–Crippen LogP) is 2.75. The van der Waals surface area contributed by atoms with E-state index >= 15 is 0 Å². The first-order valence-electron chi connectivity index (χ1n) is 6.55. The van der Waals surface area contributed by atoms with Gasteiger partial charge in [0.25, 0.3) is 5.69 Å². The van der Waals surface area contributed by atoms with Gasteiger partial charge in [-0.1, -0.05) is 12.1 Å². The van der Waals surface area contributed by atoms with Crippen molar-refractivity contribution < 1.29 is 14.8 Å². The first-order chi connectivity index (χ1) is 11.1. The highest BCUT2D eigenvalue weighted by Gasteiger charge is 2.26. The molecule has 8 nitrogen and oxygen atoms in total. The Morgan fingerprint density at radius 2 is 2.00 bits per heavy atom. The molecule has 0 atom stereocenters. The third-order valence-electron chi connectivity index (χ3n) is 3.29. The van der Waals surface area contributed by atoms with Crippen molar-refractivity contribution in [2.45, 2.75) is 0 Å². The van der Waals surface area contributed by atoms with Crippen LogP contribution in [0.4, 0.5) is 5.69 Å². The van der Waals surface area contributed by atoms with Crippen LogP contribution in [0, 0.1) is 10.1 Å². The third kappa shape index (κ3) is 2.53. The highest BCUT2D eigenvalue weighted by Crippen LogP contribution is 2.37. The van der Waals surface area contributed by atoms with Gasteiger partial charge in [0, 0.05) is 29.6 Å². The van der Waals surface area contributed by atoms with Crippen molar-refractivity contribution in [3.8, 4) is 22.4 Å². The predicted molar refractivity (Wildman–Crippen MR) is 80.9 cm³/mol. The van der Waals surface area contributed by atoms with E-state index in [2.05, 4.69) is 15.2 Å². The minimum atomic E-state index is -1.25. The van der Waals surface area contributed by atoms with Crippen molar-refractivity contribution in [2.24, 2.45) is 0 Å². The standard InChI is InChI=1S/C15H10N4O4/c20-15(21)14-12(10-5-1-2-6-11(10)19(22)23)13(17-18-14)9-4-3-7-16-8-9/h1-8H,(H,17,18)(H,20,21). The molecule has 1 aromatic carbocycles. The summed E-state index contributed by atoms with van der Waals surface area (Å²) >= 11 is 0. The number of nitro benzene ring substituents is 1. The number of nitrogens with one attached hydrogen (secondary N) is 1. The van der Waals surface area contributed by atoms with Gasteiger partial charge in [0.05, 0.1) is 10.5 Å². The van der Waals surface area contributed by atoms with E-state index in [1.807, 2.05) is 0 Å². The Bertz CT molecular complexity index is 890. The lowest BCUT2D eigenvalue weighted by molar-refractivity contribution is -0.384. The lowest BCUT2D eigenvalue weighted by Crippen LogP contribution is -2.01. The number of para-hydroxylation sites is 1. The second kappa shape index (κ2) is 5.68. The van der Waals surface area contributed by atoms with Crippen LogP contribution >= 0.6 is 0 Å². The largest absolute Gasteiger partial charge is 0.477 e. The molecule has 0 bridgehead atoms. The number of H-pyrrole nitrogens is 1. The normalized spacial score (nSPS) is 10.4. The van der Waals surface area contributed by atoms with Gasteiger partial charge in [-0.3, -0.25) is 20.2 Å². The monoisotopic (exact) mass is 310 g/mol. The van der Waals surface area contributed by atoms with Crippen molar-refractivity contribution in [2.75, 3.05) is 0 Å². The number of carboxylic acid groups (broad SMARTS) is 1. The molecule has 0 spiro atoms. The molecule has 114 valence electrons. The number of hydrogen-bond acceptors (Lipinski definition) is 5. The first-order valence-corrected chi connectivity index (χ1v) is 6.55. The molecular weight excluding hydrogens is 300 g/mol. The summed E-state index contributed by atoms with van der Waals surface area (Å²) in [6.45, 7) is 0. The number of hydrogen-bond donors (Lipinski definition) is 2. The highest BCUT2D eigenvalue weighted by molar-refractivity contribution is 6.00. The van der Waals surface area contributed by atoms with Crippen LogP contribution in [0.5, 0.6) is 0 Å². The molecule has 0 radical (unpaired) electrons. The number of rotatable bonds is 4. The van der Waals surface area contributed by atoms with Crippen molar-refractivity contribution in [1.82, 2.24) is 15.2 Å².